The Morgan fingerprint density at radius 3 is 2.88 bits per heavy atom. The molecule has 0 saturated carbocycles. The Kier molecular flexibility index (Phi) is 4.01. The lowest BCUT2D eigenvalue weighted by atomic mass is 10.1. The van der Waals surface area contributed by atoms with E-state index < -0.39 is 0 Å². The fourth-order valence-corrected chi connectivity index (χ4v) is 3.22. The highest BCUT2D eigenvalue weighted by Gasteiger charge is 2.13. The third-order valence-corrected chi connectivity index (χ3v) is 4.51. The summed E-state index contributed by atoms with van der Waals surface area (Å²) in [7, 11) is 0. The summed E-state index contributed by atoms with van der Waals surface area (Å²) in [6, 6.07) is 14.0. The van der Waals surface area contributed by atoms with Gasteiger partial charge in [0.05, 0.1) is 0 Å². The molecular weight excluding hydrogens is 314 g/mol. The van der Waals surface area contributed by atoms with Crippen molar-refractivity contribution in [2.24, 2.45) is 0 Å². The second-order valence-corrected chi connectivity index (χ2v) is 6.34. The lowest BCUT2D eigenvalue weighted by Crippen LogP contribution is -2.20. The largest absolute Gasteiger partial charge is 0.324 e. The average Bonchev–Trinajstić information content (AvgIpc) is 3.24. The summed E-state index contributed by atoms with van der Waals surface area (Å²) in [5.41, 5.74) is 5.54. The van der Waals surface area contributed by atoms with E-state index in [1.807, 2.05) is 37.3 Å². The molecule has 1 amide bonds. The van der Waals surface area contributed by atoms with Crippen LogP contribution in [0, 0.1) is 6.92 Å². The minimum Gasteiger partial charge on any atom is -0.324 e. The third kappa shape index (κ3) is 3.28. The summed E-state index contributed by atoms with van der Waals surface area (Å²) in [5, 5.41) is 15.3. The number of carbonyl (C=O) groups excluding carboxylic acids is 1. The zero-order valence-electron chi connectivity index (χ0n) is 14.1. The Morgan fingerprint density at radius 2 is 2.00 bits per heavy atom. The summed E-state index contributed by atoms with van der Waals surface area (Å²) in [4.78, 5) is 13.6. The van der Waals surface area contributed by atoms with Gasteiger partial charge >= 0.3 is 0 Å². The number of hydrogen-bond donors (Lipinski definition) is 1. The van der Waals surface area contributed by atoms with Gasteiger partial charge in [-0.2, -0.15) is 4.80 Å². The number of aryl methyl sites for hydroxylation is 3. The number of nitrogens with one attached hydrogen (secondary N) is 1. The predicted molar refractivity (Wildman–Crippen MR) is 95.1 cm³/mol. The molecule has 6 nitrogen and oxygen atoms in total. The maximum atomic E-state index is 12.3. The number of aromatic nitrogens is 4. The topological polar surface area (TPSA) is 72.7 Å². The molecule has 1 aliphatic carbocycles. The van der Waals surface area contributed by atoms with E-state index in [0.29, 0.717) is 5.82 Å². The summed E-state index contributed by atoms with van der Waals surface area (Å²) >= 11 is 0. The molecule has 25 heavy (non-hydrogen) atoms. The van der Waals surface area contributed by atoms with Crippen molar-refractivity contribution in [3.05, 3.63) is 59.2 Å². The Bertz CT molecular complexity index is 931. The molecule has 0 unspecified atom stereocenters. The van der Waals surface area contributed by atoms with Gasteiger partial charge in [0.2, 0.25) is 11.7 Å². The number of carbonyl (C=O) groups is 1. The van der Waals surface area contributed by atoms with Gasteiger partial charge in [0.25, 0.3) is 0 Å². The lowest BCUT2D eigenvalue weighted by Gasteiger charge is -2.07. The zero-order chi connectivity index (χ0) is 17.2. The zero-order valence-corrected chi connectivity index (χ0v) is 14.1. The van der Waals surface area contributed by atoms with Crippen LogP contribution in [0.5, 0.6) is 0 Å². The number of nitrogens with zero attached hydrogens (tertiary/aromatic N) is 4. The van der Waals surface area contributed by atoms with Gasteiger partial charge in [0.1, 0.15) is 6.54 Å². The number of hydrogen-bond acceptors (Lipinski definition) is 4. The molecule has 0 bridgehead atoms. The molecular formula is C19H19N5O. The molecule has 0 radical (unpaired) electrons. The van der Waals surface area contributed by atoms with Crippen molar-refractivity contribution in [2.45, 2.75) is 32.7 Å². The maximum Gasteiger partial charge on any atom is 0.248 e. The molecule has 0 atom stereocenters. The predicted octanol–water partition coefficient (Wildman–Crippen LogP) is 2.78. The SMILES string of the molecule is Cc1ccccc1-c1nnn(CC(=O)Nc2ccc3c(c2)CCC3)n1. The second-order valence-electron chi connectivity index (χ2n) is 6.34. The molecule has 1 N–H and O–H groups in total. The van der Waals surface area contributed by atoms with Gasteiger partial charge < -0.3 is 5.32 Å². The molecule has 126 valence electrons. The van der Waals surface area contributed by atoms with Gasteiger partial charge in [0.15, 0.2) is 0 Å². The highest BCUT2D eigenvalue weighted by atomic mass is 16.2. The molecule has 6 heteroatoms. The Morgan fingerprint density at radius 1 is 1.16 bits per heavy atom. The third-order valence-electron chi connectivity index (χ3n) is 4.51. The van der Waals surface area contributed by atoms with Crippen LogP contribution in [0.15, 0.2) is 42.5 Å². The van der Waals surface area contributed by atoms with Crippen molar-refractivity contribution in [3.63, 3.8) is 0 Å². The molecule has 1 aliphatic rings. The molecule has 2 aromatic carbocycles. The number of anilines is 1. The minimum absolute atomic E-state index is 0.0377. The van der Waals surface area contributed by atoms with Gasteiger partial charge in [-0.25, -0.2) is 0 Å². The van der Waals surface area contributed by atoms with Gasteiger partial charge in [-0.05, 0) is 60.2 Å². The van der Waals surface area contributed by atoms with Crippen molar-refractivity contribution in [1.82, 2.24) is 20.2 Å². The minimum atomic E-state index is -0.160. The Labute approximate surface area is 145 Å². The first-order valence-electron chi connectivity index (χ1n) is 8.44. The Hall–Kier alpha value is -3.02. The highest BCUT2D eigenvalue weighted by Crippen LogP contribution is 2.25. The van der Waals surface area contributed by atoms with Crippen LogP contribution >= 0.6 is 0 Å². The van der Waals surface area contributed by atoms with E-state index >= 15 is 0 Å². The van der Waals surface area contributed by atoms with E-state index in [1.54, 1.807) is 0 Å². The molecule has 0 aliphatic heterocycles. The maximum absolute atomic E-state index is 12.3. The lowest BCUT2D eigenvalue weighted by molar-refractivity contribution is -0.117. The van der Waals surface area contributed by atoms with Crippen molar-refractivity contribution < 1.29 is 4.79 Å². The van der Waals surface area contributed by atoms with Crippen molar-refractivity contribution >= 4 is 11.6 Å². The highest BCUT2D eigenvalue weighted by molar-refractivity contribution is 5.90. The fourth-order valence-electron chi connectivity index (χ4n) is 3.22. The summed E-state index contributed by atoms with van der Waals surface area (Å²) in [5.74, 6) is 0.370. The average molecular weight is 333 g/mol. The molecule has 0 spiro atoms. The van der Waals surface area contributed by atoms with Gasteiger partial charge in [-0.3, -0.25) is 4.79 Å². The van der Waals surface area contributed by atoms with Gasteiger partial charge in [-0.15, -0.1) is 10.2 Å². The molecule has 0 fully saturated rings. The van der Waals surface area contributed by atoms with E-state index in [-0.39, 0.29) is 12.5 Å². The molecule has 3 aromatic rings. The van der Waals surface area contributed by atoms with E-state index in [4.69, 9.17) is 0 Å². The van der Waals surface area contributed by atoms with Crippen molar-refractivity contribution in [2.75, 3.05) is 5.32 Å². The first-order chi connectivity index (χ1) is 12.2. The summed E-state index contributed by atoms with van der Waals surface area (Å²) < 4.78 is 0. The van der Waals surface area contributed by atoms with Crippen LogP contribution in [-0.2, 0) is 24.2 Å². The number of amides is 1. The first kappa shape index (κ1) is 15.5. The number of fused-ring (bicyclic) bond motifs is 1. The van der Waals surface area contributed by atoms with E-state index in [9.17, 15) is 4.79 Å². The van der Waals surface area contributed by atoms with Gasteiger partial charge in [-0.1, -0.05) is 30.3 Å². The van der Waals surface area contributed by atoms with Crippen LogP contribution < -0.4 is 5.32 Å². The van der Waals surface area contributed by atoms with Crippen LogP contribution in [0.3, 0.4) is 0 Å². The van der Waals surface area contributed by atoms with Crippen LogP contribution in [-0.4, -0.2) is 26.1 Å². The standard InChI is InChI=1S/C19H19N5O/c1-13-5-2-3-8-17(13)19-21-23-24(22-19)12-18(25)20-16-10-9-14-6-4-7-15(14)11-16/h2-3,5,8-11H,4,6-7,12H2,1H3,(H,20,25). The second kappa shape index (κ2) is 6.47. The van der Waals surface area contributed by atoms with E-state index in [1.165, 1.54) is 22.3 Å². The summed E-state index contributed by atoms with van der Waals surface area (Å²) in [6.45, 7) is 2.03. The van der Waals surface area contributed by atoms with E-state index in [2.05, 4.69) is 32.9 Å². The number of benzene rings is 2. The number of rotatable bonds is 4. The van der Waals surface area contributed by atoms with Crippen LogP contribution in [0.4, 0.5) is 5.69 Å². The molecule has 1 aromatic heterocycles. The smallest absolute Gasteiger partial charge is 0.248 e. The quantitative estimate of drug-likeness (QED) is 0.797. The number of tetrazole rings is 1. The monoisotopic (exact) mass is 333 g/mol. The normalized spacial score (nSPS) is 12.8. The van der Waals surface area contributed by atoms with Crippen LogP contribution in [0.2, 0.25) is 0 Å². The van der Waals surface area contributed by atoms with Gasteiger partial charge in [0, 0.05) is 11.3 Å². The first-order valence-corrected chi connectivity index (χ1v) is 8.44. The summed E-state index contributed by atoms with van der Waals surface area (Å²) in [6.07, 6.45) is 3.41. The van der Waals surface area contributed by atoms with Crippen molar-refractivity contribution in [1.29, 1.82) is 0 Å². The molecule has 4 rings (SSSR count). The van der Waals surface area contributed by atoms with Crippen LogP contribution in [0.25, 0.3) is 11.4 Å². The van der Waals surface area contributed by atoms with E-state index in [0.717, 1.165) is 29.7 Å². The van der Waals surface area contributed by atoms with Crippen LogP contribution in [0.1, 0.15) is 23.1 Å². The molecule has 0 saturated heterocycles. The fraction of sp³-hybridized carbons (Fsp3) is 0.263. The molecule has 1 heterocycles. The Balaban J connectivity index is 1.44. The van der Waals surface area contributed by atoms with Crippen molar-refractivity contribution in [3.8, 4) is 11.4 Å².